The van der Waals surface area contributed by atoms with E-state index in [1.54, 1.807) is 6.08 Å². The first-order valence-electron chi connectivity index (χ1n) is 15.2. The predicted octanol–water partition coefficient (Wildman–Crippen LogP) is 4.37. The molecule has 6 heteroatoms. The molecule has 0 unspecified atom stereocenters. The van der Waals surface area contributed by atoms with Crippen LogP contribution in [0.25, 0.3) is 11.1 Å². The van der Waals surface area contributed by atoms with Crippen LogP contribution in [-0.4, -0.2) is 39.2 Å². The standard InChI is InChI=1S/C38H32B5N/c1-3-5-6-7-9-14-28-19-22-31(24-32(28)29-16-15-25(4-2)23-29)44(38-36(42)34(40)33(39)35(41)37(38)43)30-20-17-27(18-21-30)26-12-10-8-11-13-26/h1,5-13,17-22,24-25,29H,4,14-16,23H2,2H3/b6-5-,9-7-/t25-,29+/m0/s1. The van der Waals surface area contributed by atoms with Gasteiger partial charge in [0, 0.05) is 17.1 Å². The summed E-state index contributed by atoms with van der Waals surface area (Å²) in [4.78, 5) is 2.05. The topological polar surface area (TPSA) is 3.24 Å². The molecule has 0 N–H and O–H groups in total. The summed E-state index contributed by atoms with van der Waals surface area (Å²) in [6.45, 7) is 2.28. The first kappa shape index (κ1) is 31.5. The summed E-state index contributed by atoms with van der Waals surface area (Å²) in [6, 6.07) is 25.2. The summed E-state index contributed by atoms with van der Waals surface area (Å²) in [7, 11) is 32.3. The molecule has 10 radical (unpaired) electrons. The van der Waals surface area contributed by atoms with E-state index in [0.717, 1.165) is 41.3 Å². The van der Waals surface area contributed by atoms with E-state index in [1.807, 2.05) is 30.4 Å². The third-order valence-corrected chi connectivity index (χ3v) is 8.85. The fourth-order valence-corrected chi connectivity index (χ4v) is 6.32. The lowest BCUT2D eigenvalue weighted by molar-refractivity contribution is 0.521. The third kappa shape index (κ3) is 6.58. The molecule has 44 heavy (non-hydrogen) atoms. The van der Waals surface area contributed by atoms with Gasteiger partial charge in [0.2, 0.25) is 0 Å². The molecule has 4 aromatic rings. The fraction of sp³-hybridized carbons (Fsp3) is 0.211. The highest BCUT2D eigenvalue weighted by Crippen LogP contribution is 2.43. The molecule has 2 atom stereocenters. The van der Waals surface area contributed by atoms with E-state index in [-0.39, 0.29) is 16.4 Å². The van der Waals surface area contributed by atoms with Gasteiger partial charge in [-0.1, -0.05) is 96.9 Å². The highest BCUT2D eigenvalue weighted by atomic mass is 15.1. The Morgan fingerprint density at radius 2 is 1.41 bits per heavy atom. The molecule has 0 aliphatic heterocycles. The number of rotatable bonds is 9. The summed E-state index contributed by atoms with van der Waals surface area (Å²) in [5.41, 5.74) is 8.42. The monoisotopic (exact) mass is 557 g/mol. The zero-order valence-corrected chi connectivity index (χ0v) is 25.3. The minimum atomic E-state index is 0.196. The number of hydrogen-bond donors (Lipinski definition) is 0. The molecule has 0 aromatic heterocycles. The van der Waals surface area contributed by atoms with E-state index < -0.39 is 0 Å². The van der Waals surface area contributed by atoms with E-state index in [9.17, 15) is 0 Å². The van der Waals surface area contributed by atoms with Crippen molar-refractivity contribution in [2.24, 2.45) is 5.92 Å². The van der Waals surface area contributed by atoms with Gasteiger partial charge in [0.05, 0.1) is 0 Å². The molecule has 4 aromatic carbocycles. The van der Waals surface area contributed by atoms with Crippen molar-refractivity contribution in [3.8, 4) is 23.5 Å². The zero-order valence-electron chi connectivity index (χ0n) is 25.3. The van der Waals surface area contributed by atoms with Gasteiger partial charge in [-0.15, -0.1) is 22.8 Å². The van der Waals surface area contributed by atoms with E-state index in [0.29, 0.717) is 22.5 Å². The molecule has 0 spiro atoms. The maximum absolute atomic E-state index is 6.67. The van der Waals surface area contributed by atoms with Crippen molar-refractivity contribution in [3.05, 3.63) is 108 Å². The fourth-order valence-electron chi connectivity index (χ4n) is 6.32. The molecule has 0 bridgehead atoms. The molecule has 1 fully saturated rings. The summed E-state index contributed by atoms with van der Waals surface area (Å²) in [5, 5.41) is 0. The van der Waals surface area contributed by atoms with Crippen molar-refractivity contribution in [1.82, 2.24) is 0 Å². The lowest BCUT2D eigenvalue weighted by Crippen LogP contribution is -2.56. The average Bonchev–Trinajstić information content (AvgIpc) is 3.55. The number of hydrogen-bond acceptors (Lipinski definition) is 1. The van der Waals surface area contributed by atoms with Gasteiger partial charge in [0.15, 0.2) is 0 Å². The van der Waals surface area contributed by atoms with Crippen LogP contribution >= 0.6 is 0 Å². The van der Waals surface area contributed by atoms with Crippen LogP contribution in [0.5, 0.6) is 0 Å². The number of allylic oxidation sites excluding steroid dienone is 4. The second-order valence-electron chi connectivity index (χ2n) is 11.5. The van der Waals surface area contributed by atoms with Gasteiger partial charge < -0.3 is 4.90 Å². The molecule has 5 rings (SSSR count). The van der Waals surface area contributed by atoms with Crippen LogP contribution in [-0.2, 0) is 6.42 Å². The van der Waals surface area contributed by atoms with Gasteiger partial charge in [-0.25, -0.2) is 0 Å². The largest absolute Gasteiger partial charge is 0.312 e. The highest BCUT2D eigenvalue weighted by Gasteiger charge is 2.28. The normalized spacial score (nSPS) is 16.5. The Morgan fingerprint density at radius 1 is 0.773 bits per heavy atom. The Labute approximate surface area is 270 Å². The maximum Gasteiger partial charge on any atom is 0.115 e. The van der Waals surface area contributed by atoms with Gasteiger partial charge in [0.25, 0.3) is 0 Å². The maximum atomic E-state index is 6.67. The molecule has 0 saturated heterocycles. The first-order valence-corrected chi connectivity index (χ1v) is 15.2. The molecule has 1 aliphatic carbocycles. The molecule has 1 aliphatic rings. The molecular weight excluding hydrogens is 524 g/mol. The minimum Gasteiger partial charge on any atom is -0.312 e. The Hall–Kier alpha value is -3.96. The Kier molecular flexibility index (Phi) is 10.2. The van der Waals surface area contributed by atoms with Crippen LogP contribution in [0.1, 0.15) is 49.7 Å². The van der Waals surface area contributed by atoms with E-state index in [1.165, 1.54) is 30.4 Å². The van der Waals surface area contributed by atoms with Crippen molar-refractivity contribution in [1.29, 1.82) is 0 Å². The first-order chi connectivity index (χ1) is 21.3. The molecule has 1 saturated carbocycles. The van der Waals surface area contributed by atoms with Crippen LogP contribution in [0.15, 0.2) is 97.1 Å². The van der Waals surface area contributed by atoms with Crippen LogP contribution in [0, 0.1) is 18.3 Å². The van der Waals surface area contributed by atoms with Crippen molar-refractivity contribution in [2.45, 2.75) is 44.9 Å². The molecule has 0 amide bonds. The number of terminal acetylenes is 1. The van der Waals surface area contributed by atoms with Crippen molar-refractivity contribution in [2.75, 3.05) is 4.90 Å². The minimum absolute atomic E-state index is 0.196. The summed E-state index contributed by atoms with van der Waals surface area (Å²) < 4.78 is 0. The summed E-state index contributed by atoms with van der Waals surface area (Å²) in [6.07, 6.45) is 18.7. The summed E-state index contributed by atoms with van der Waals surface area (Å²) in [5.74, 6) is 3.73. The second-order valence-corrected chi connectivity index (χ2v) is 11.5. The lowest BCUT2D eigenvalue weighted by atomic mass is 9.61. The van der Waals surface area contributed by atoms with Crippen molar-refractivity contribution < 1.29 is 0 Å². The number of nitrogens with zero attached hydrogens (tertiary/aromatic N) is 1. The SMILES string of the molecule is [B]c1c([B])c([B])c(N(c2ccc(-c3ccccc3)cc2)c2ccc(C/C=C\C=C/C#C)c([C@@H]3CC[C@H](CC)C3)c2)c([B])c1[B]. The predicted molar refractivity (Wildman–Crippen MR) is 195 cm³/mol. The van der Waals surface area contributed by atoms with Crippen LogP contribution in [0.3, 0.4) is 0 Å². The van der Waals surface area contributed by atoms with E-state index in [2.05, 4.69) is 78.4 Å². The molecule has 0 heterocycles. The molecule has 1 nitrogen and oxygen atoms in total. The van der Waals surface area contributed by atoms with Crippen molar-refractivity contribution >= 4 is 83.6 Å². The molecule has 204 valence electrons. The molecular formula is C38H32B5N. The summed E-state index contributed by atoms with van der Waals surface area (Å²) >= 11 is 0. The van der Waals surface area contributed by atoms with Gasteiger partial charge in [-0.3, -0.25) is 0 Å². The van der Waals surface area contributed by atoms with Gasteiger partial charge in [-0.2, -0.15) is 0 Å². The quantitative estimate of drug-likeness (QED) is 0.168. The van der Waals surface area contributed by atoms with Crippen LogP contribution in [0.4, 0.5) is 17.1 Å². The van der Waals surface area contributed by atoms with Gasteiger partial charge >= 0.3 is 0 Å². The van der Waals surface area contributed by atoms with Crippen molar-refractivity contribution in [3.63, 3.8) is 0 Å². The number of anilines is 3. The zero-order chi connectivity index (χ0) is 31.2. The van der Waals surface area contributed by atoms with Crippen LogP contribution < -0.4 is 32.2 Å². The Balaban J connectivity index is 1.67. The van der Waals surface area contributed by atoms with E-state index >= 15 is 0 Å². The number of benzene rings is 4. The van der Waals surface area contributed by atoms with Gasteiger partial charge in [0.1, 0.15) is 39.2 Å². The highest BCUT2D eigenvalue weighted by molar-refractivity contribution is 6.69. The van der Waals surface area contributed by atoms with E-state index in [4.69, 9.17) is 45.7 Å². The smallest absolute Gasteiger partial charge is 0.115 e. The van der Waals surface area contributed by atoms with Gasteiger partial charge in [-0.05, 0) is 90.1 Å². The Bertz CT molecular complexity index is 1690. The third-order valence-electron chi connectivity index (χ3n) is 8.85. The Morgan fingerprint density at radius 3 is 2.05 bits per heavy atom. The second kappa shape index (κ2) is 14.2. The lowest BCUT2D eigenvalue weighted by Gasteiger charge is -2.33. The average molecular weight is 557 g/mol. The van der Waals surface area contributed by atoms with Crippen LogP contribution in [0.2, 0.25) is 0 Å².